The van der Waals surface area contributed by atoms with Crippen molar-refractivity contribution >= 4 is 22.7 Å². The molecule has 0 atom stereocenters. The summed E-state index contributed by atoms with van der Waals surface area (Å²) in [5, 5.41) is 7.28. The molecule has 4 nitrogen and oxygen atoms in total. The smallest absolute Gasteiger partial charge is 0.203 e. The average molecular weight is 393 g/mol. The Hall–Kier alpha value is -2.50. The maximum atomic E-state index is 4.62. The van der Waals surface area contributed by atoms with E-state index in [0.717, 1.165) is 41.6 Å². The third-order valence-corrected chi connectivity index (χ3v) is 5.21. The zero-order chi connectivity index (χ0) is 19.6. The molecule has 0 bridgehead atoms. The Labute approximate surface area is 172 Å². The Bertz CT molecular complexity index is 867. The van der Waals surface area contributed by atoms with E-state index in [1.807, 2.05) is 24.4 Å². The van der Waals surface area contributed by atoms with Crippen molar-refractivity contribution in [2.24, 2.45) is 5.10 Å². The van der Waals surface area contributed by atoms with E-state index in [9.17, 15) is 0 Å². The number of hydrogen-bond donors (Lipinski definition) is 1. The minimum Gasteiger partial charge on any atom is -0.299 e. The molecule has 0 radical (unpaired) electrons. The van der Waals surface area contributed by atoms with Crippen LogP contribution in [0, 0.1) is 0 Å². The Kier molecular flexibility index (Phi) is 7.76. The number of benzene rings is 2. The molecule has 1 N–H and O–H groups in total. The molecule has 1 aromatic heterocycles. The molecule has 0 unspecified atom stereocenters. The van der Waals surface area contributed by atoms with Gasteiger partial charge in [-0.25, -0.2) is 4.98 Å². The molecule has 1 heterocycles. The van der Waals surface area contributed by atoms with Crippen LogP contribution >= 0.6 is 11.3 Å². The topological polar surface area (TPSA) is 40.5 Å². The van der Waals surface area contributed by atoms with Crippen LogP contribution in [-0.2, 0) is 6.54 Å². The summed E-state index contributed by atoms with van der Waals surface area (Å²) in [5.41, 5.74) is 7.62. The van der Waals surface area contributed by atoms with Crippen LogP contribution in [0.4, 0.5) is 5.13 Å². The number of rotatable bonds is 10. The van der Waals surface area contributed by atoms with Crippen LogP contribution in [0.3, 0.4) is 0 Å². The van der Waals surface area contributed by atoms with Gasteiger partial charge >= 0.3 is 0 Å². The number of nitrogens with one attached hydrogen (secondary N) is 1. The van der Waals surface area contributed by atoms with Gasteiger partial charge in [-0.2, -0.15) is 5.10 Å². The van der Waals surface area contributed by atoms with Gasteiger partial charge in [0, 0.05) is 17.5 Å². The predicted molar refractivity (Wildman–Crippen MR) is 121 cm³/mol. The van der Waals surface area contributed by atoms with Crippen molar-refractivity contribution < 1.29 is 0 Å². The largest absolute Gasteiger partial charge is 0.299 e. The van der Waals surface area contributed by atoms with Crippen molar-refractivity contribution in [3.63, 3.8) is 0 Å². The van der Waals surface area contributed by atoms with Gasteiger partial charge in [0.1, 0.15) is 0 Å². The van der Waals surface area contributed by atoms with E-state index < -0.39 is 0 Å². The molecule has 0 fully saturated rings. The minimum atomic E-state index is 0.797. The second-order valence-electron chi connectivity index (χ2n) is 6.75. The number of hydrazone groups is 1. The van der Waals surface area contributed by atoms with Crippen molar-refractivity contribution in [1.82, 2.24) is 9.88 Å². The molecule has 0 aliphatic heterocycles. The fourth-order valence-corrected chi connectivity index (χ4v) is 3.84. The zero-order valence-corrected chi connectivity index (χ0v) is 17.5. The van der Waals surface area contributed by atoms with Crippen LogP contribution in [-0.4, -0.2) is 29.2 Å². The molecule has 146 valence electrons. The molecule has 3 aromatic rings. The van der Waals surface area contributed by atoms with E-state index in [1.165, 1.54) is 18.4 Å². The van der Waals surface area contributed by atoms with Gasteiger partial charge in [0.15, 0.2) is 0 Å². The predicted octanol–water partition coefficient (Wildman–Crippen LogP) is 5.88. The lowest BCUT2D eigenvalue weighted by Crippen LogP contribution is -2.25. The minimum absolute atomic E-state index is 0.797. The van der Waals surface area contributed by atoms with Gasteiger partial charge in [0.25, 0.3) is 0 Å². The summed E-state index contributed by atoms with van der Waals surface area (Å²) in [6.07, 6.45) is 4.24. The van der Waals surface area contributed by atoms with Gasteiger partial charge < -0.3 is 0 Å². The molecule has 0 aliphatic carbocycles. The van der Waals surface area contributed by atoms with E-state index in [2.05, 4.69) is 76.0 Å². The van der Waals surface area contributed by atoms with Crippen LogP contribution in [0.1, 0.15) is 37.8 Å². The van der Waals surface area contributed by atoms with Gasteiger partial charge in [-0.3, -0.25) is 10.3 Å². The highest BCUT2D eigenvalue weighted by molar-refractivity contribution is 7.14. The van der Waals surface area contributed by atoms with Gasteiger partial charge in [0.05, 0.1) is 11.9 Å². The Morgan fingerprint density at radius 3 is 2.46 bits per heavy atom. The summed E-state index contributed by atoms with van der Waals surface area (Å²) < 4.78 is 0. The van der Waals surface area contributed by atoms with Crippen LogP contribution in [0.5, 0.6) is 0 Å². The first-order valence-electron chi connectivity index (χ1n) is 9.90. The second kappa shape index (κ2) is 10.7. The molecule has 0 aliphatic rings. The molecule has 2 aromatic carbocycles. The standard InChI is InChI=1S/C23H28N4S/c1-3-14-27(15-4-2)17-21-13-9-8-12-20(21)16-24-26-23-25-22(18-28-23)19-10-6-5-7-11-19/h5-13,16,18H,3-4,14-15,17H2,1-2H3,(H,25,26). The quantitative estimate of drug-likeness (QED) is 0.346. The van der Waals surface area contributed by atoms with Gasteiger partial charge in [-0.1, -0.05) is 68.4 Å². The van der Waals surface area contributed by atoms with Crippen LogP contribution in [0.2, 0.25) is 0 Å². The lowest BCUT2D eigenvalue weighted by molar-refractivity contribution is 0.266. The number of anilines is 1. The van der Waals surface area contributed by atoms with Crippen molar-refractivity contribution in [2.75, 3.05) is 18.5 Å². The maximum absolute atomic E-state index is 4.62. The van der Waals surface area contributed by atoms with Gasteiger partial charge in [-0.05, 0) is 37.1 Å². The number of aromatic nitrogens is 1. The Morgan fingerprint density at radius 2 is 1.71 bits per heavy atom. The summed E-state index contributed by atoms with van der Waals surface area (Å²) in [4.78, 5) is 7.12. The molecule has 0 spiro atoms. The third kappa shape index (κ3) is 5.75. The number of thiazole rings is 1. The Morgan fingerprint density at radius 1 is 1.00 bits per heavy atom. The fourth-order valence-electron chi connectivity index (χ4n) is 3.17. The zero-order valence-electron chi connectivity index (χ0n) is 16.6. The molecule has 3 rings (SSSR count). The summed E-state index contributed by atoms with van der Waals surface area (Å²) in [5.74, 6) is 0. The summed E-state index contributed by atoms with van der Waals surface area (Å²) in [6, 6.07) is 18.7. The van der Waals surface area contributed by atoms with E-state index in [1.54, 1.807) is 11.3 Å². The van der Waals surface area contributed by atoms with E-state index in [0.29, 0.717) is 0 Å². The van der Waals surface area contributed by atoms with Crippen molar-refractivity contribution in [1.29, 1.82) is 0 Å². The average Bonchev–Trinajstić information content (AvgIpc) is 3.19. The first-order chi connectivity index (χ1) is 13.8. The lowest BCUT2D eigenvalue weighted by Gasteiger charge is -2.21. The summed E-state index contributed by atoms with van der Waals surface area (Å²) >= 11 is 1.56. The van der Waals surface area contributed by atoms with Crippen LogP contribution in [0.25, 0.3) is 11.3 Å². The number of hydrogen-bond acceptors (Lipinski definition) is 5. The van der Waals surface area contributed by atoms with Gasteiger partial charge in [0.2, 0.25) is 5.13 Å². The van der Waals surface area contributed by atoms with Gasteiger partial charge in [-0.15, -0.1) is 11.3 Å². The van der Waals surface area contributed by atoms with Crippen molar-refractivity contribution in [2.45, 2.75) is 33.2 Å². The Balaban J connectivity index is 1.65. The molecule has 0 saturated carbocycles. The van der Waals surface area contributed by atoms with Crippen molar-refractivity contribution in [3.8, 4) is 11.3 Å². The molecular formula is C23H28N4S. The van der Waals surface area contributed by atoms with Crippen molar-refractivity contribution in [3.05, 3.63) is 71.1 Å². The normalized spacial score (nSPS) is 11.4. The van der Waals surface area contributed by atoms with Crippen LogP contribution in [0.15, 0.2) is 65.1 Å². The molecule has 28 heavy (non-hydrogen) atoms. The SMILES string of the molecule is CCCN(CCC)Cc1ccccc1C=NNc1nc(-c2ccccc2)cs1. The first kappa shape index (κ1) is 20.2. The second-order valence-corrected chi connectivity index (χ2v) is 7.61. The van der Waals surface area contributed by atoms with Crippen LogP contribution < -0.4 is 5.43 Å². The summed E-state index contributed by atoms with van der Waals surface area (Å²) in [6.45, 7) is 7.67. The highest BCUT2D eigenvalue weighted by Gasteiger charge is 2.07. The maximum Gasteiger partial charge on any atom is 0.203 e. The fraction of sp³-hybridized carbons (Fsp3) is 0.304. The molecular weight excluding hydrogens is 364 g/mol. The van der Waals surface area contributed by atoms with E-state index in [-0.39, 0.29) is 0 Å². The van der Waals surface area contributed by atoms with E-state index >= 15 is 0 Å². The highest BCUT2D eigenvalue weighted by Crippen LogP contribution is 2.24. The lowest BCUT2D eigenvalue weighted by atomic mass is 10.1. The molecule has 0 amide bonds. The molecule has 0 saturated heterocycles. The first-order valence-corrected chi connectivity index (χ1v) is 10.8. The monoisotopic (exact) mass is 392 g/mol. The van der Waals surface area contributed by atoms with E-state index in [4.69, 9.17) is 0 Å². The third-order valence-electron chi connectivity index (χ3n) is 4.47. The molecule has 5 heteroatoms. The summed E-state index contributed by atoms with van der Waals surface area (Å²) in [7, 11) is 0. The highest BCUT2D eigenvalue weighted by atomic mass is 32.1. The number of nitrogens with zero attached hydrogens (tertiary/aromatic N) is 3.